The van der Waals surface area contributed by atoms with Crippen molar-refractivity contribution >= 4 is 17.5 Å². The van der Waals surface area contributed by atoms with Crippen LogP contribution in [0.1, 0.15) is 27.9 Å². The normalized spacial score (nSPS) is 19.9. The van der Waals surface area contributed by atoms with Gasteiger partial charge in [-0.3, -0.25) is 4.79 Å². The number of aromatic amines is 1. The van der Waals surface area contributed by atoms with Crippen LogP contribution < -0.4 is 5.32 Å². The third-order valence-corrected chi connectivity index (χ3v) is 4.38. The summed E-state index contributed by atoms with van der Waals surface area (Å²) in [5.74, 6) is 0.504. The van der Waals surface area contributed by atoms with Gasteiger partial charge in [-0.15, -0.1) is 0 Å². The zero-order valence-electron chi connectivity index (χ0n) is 13.8. The molecule has 1 aliphatic heterocycles. The summed E-state index contributed by atoms with van der Waals surface area (Å²) in [5.41, 5.74) is 1.40. The Balaban J connectivity index is 1.83. The molecule has 1 aromatic heterocycles. The molecule has 24 heavy (non-hydrogen) atoms. The zero-order chi connectivity index (χ0) is 17.1. The quantitative estimate of drug-likeness (QED) is 0.888. The minimum Gasteiger partial charge on any atom is -0.373 e. The van der Waals surface area contributed by atoms with Crippen molar-refractivity contribution in [1.29, 1.82) is 0 Å². The molecular weight excluding hydrogens is 328 g/mol. The third-order valence-electron chi connectivity index (χ3n) is 4.13. The van der Waals surface area contributed by atoms with Gasteiger partial charge in [0.05, 0.1) is 24.9 Å². The standard InChI is InChI=1S/C17H21ClN4O2/c1-11-19-9-14(20-11)17(23)21-16(12-3-5-13(18)6-4-12)15-10-22(2)7-8-24-15/h3-6,9,15-16H,7-8,10H2,1-2H3,(H,19,20)(H,21,23)/t15-,16+/m0/s1. The molecule has 0 saturated carbocycles. The van der Waals surface area contributed by atoms with Gasteiger partial charge < -0.3 is 19.9 Å². The van der Waals surface area contributed by atoms with Crippen molar-refractivity contribution in [2.45, 2.75) is 19.1 Å². The maximum atomic E-state index is 12.6. The zero-order valence-corrected chi connectivity index (χ0v) is 14.5. The van der Waals surface area contributed by atoms with Gasteiger partial charge in [0.25, 0.3) is 5.91 Å². The van der Waals surface area contributed by atoms with E-state index in [0.717, 1.165) is 18.7 Å². The predicted molar refractivity (Wildman–Crippen MR) is 92.2 cm³/mol. The van der Waals surface area contributed by atoms with Crippen LogP contribution in [0, 0.1) is 6.92 Å². The van der Waals surface area contributed by atoms with Crippen molar-refractivity contribution in [3.05, 3.63) is 52.6 Å². The second kappa shape index (κ2) is 7.34. The molecular formula is C17H21ClN4O2. The Morgan fingerprint density at radius 3 is 2.83 bits per heavy atom. The third kappa shape index (κ3) is 3.95. The van der Waals surface area contributed by atoms with Gasteiger partial charge in [0.1, 0.15) is 11.5 Å². The first kappa shape index (κ1) is 17.0. The molecule has 0 unspecified atom stereocenters. The van der Waals surface area contributed by atoms with Gasteiger partial charge in [-0.25, -0.2) is 4.98 Å². The Labute approximate surface area is 146 Å². The van der Waals surface area contributed by atoms with E-state index < -0.39 is 0 Å². The summed E-state index contributed by atoms with van der Waals surface area (Å²) in [7, 11) is 2.05. The number of halogens is 1. The van der Waals surface area contributed by atoms with Crippen LogP contribution in [0.25, 0.3) is 0 Å². The summed E-state index contributed by atoms with van der Waals surface area (Å²) < 4.78 is 5.92. The van der Waals surface area contributed by atoms with Crippen LogP contribution in [-0.4, -0.2) is 53.6 Å². The predicted octanol–water partition coefficient (Wildman–Crippen LogP) is 2.17. The molecule has 1 saturated heterocycles. The minimum absolute atomic E-state index is 0.127. The van der Waals surface area contributed by atoms with Crippen LogP contribution in [0.2, 0.25) is 5.02 Å². The second-order valence-corrected chi connectivity index (χ2v) is 6.49. The number of carbonyl (C=O) groups is 1. The van der Waals surface area contributed by atoms with Gasteiger partial charge in [0, 0.05) is 18.1 Å². The molecule has 0 bridgehead atoms. The lowest BCUT2D eigenvalue weighted by Gasteiger charge is -2.35. The lowest BCUT2D eigenvalue weighted by molar-refractivity contribution is -0.0381. The van der Waals surface area contributed by atoms with E-state index in [9.17, 15) is 4.79 Å². The summed E-state index contributed by atoms with van der Waals surface area (Å²) in [4.78, 5) is 21.8. The summed E-state index contributed by atoms with van der Waals surface area (Å²) >= 11 is 5.99. The molecule has 1 fully saturated rings. The molecule has 1 amide bonds. The molecule has 2 heterocycles. The number of carbonyl (C=O) groups excluding carboxylic acids is 1. The van der Waals surface area contributed by atoms with Crippen LogP contribution in [0.5, 0.6) is 0 Å². The van der Waals surface area contributed by atoms with Gasteiger partial charge in [0.2, 0.25) is 0 Å². The fraction of sp³-hybridized carbons (Fsp3) is 0.412. The lowest BCUT2D eigenvalue weighted by Crippen LogP contribution is -2.48. The van der Waals surface area contributed by atoms with Crippen LogP contribution in [-0.2, 0) is 4.74 Å². The van der Waals surface area contributed by atoms with Crippen molar-refractivity contribution in [1.82, 2.24) is 20.2 Å². The van der Waals surface area contributed by atoms with Crippen molar-refractivity contribution in [3.63, 3.8) is 0 Å². The molecule has 0 radical (unpaired) electrons. The number of nitrogens with one attached hydrogen (secondary N) is 2. The van der Waals surface area contributed by atoms with Crippen LogP contribution in [0.4, 0.5) is 0 Å². The van der Waals surface area contributed by atoms with Gasteiger partial charge in [0.15, 0.2) is 0 Å². The van der Waals surface area contributed by atoms with Gasteiger partial charge in [-0.05, 0) is 31.7 Å². The number of H-pyrrole nitrogens is 1. The van der Waals surface area contributed by atoms with Crippen LogP contribution in [0.3, 0.4) is 0 Å². The summed E-state index contributed by atoms with van der Waals surface area (Å²) in [6.45, 7) is 4.09. The topological polar surface area (TPSA) is 70.2 Å². The van der Waals surface area contributed by atoms with Crippen LogP contribution >= 0.6 is 11.6 Å². The smallest absolute Gasteiger partial charge is 0.269 e. The molecule has 6 nitrogen and oxygen atoms in total. The number of amides is 1. The Morgan fingerprint density at radius 2 is 2.21 bits per heavy atom. The lowest BCUT2D eigenvalue weighted by atomic mass is 9.99. The van der Waals surface area contributed by atoms with Crippen LogP contribution in [0.15, 0.2) is 30.5 Å². The van der Waals surface area contributed by atoms with E-state index >= 15 is 0 Å². The monoisotopic (exact) mass is 348 g/mol. The van der Waals surface area contributed by atoms with E-state index in [1.165, 1.54) is 6.20 Å². The average Bonchev–Trinajstić information content (AvgIpc) is 3.00. The Bertz CT molecular complexity index is 701. The Morgan fingerprint density at radius 1 is 1.46 bits per heavy atom. The number of benzene rings is 1. The molecule has 0 spiro atoms. The second-order valence-electron chi connectivity index (χ2n) is 6.06. The average molecular weight is 349 g/mol. The number of likely N-dealkylation sites (N-methyl/N-ethyl adjacent to an activating group) is 1. The molecule has 0 aliphatic carbocycles. The molecule has 2 atom stereocenters. The van der Waals surface area contributed by atoms with Gasteiger partial charge in [-0.1, -0.05) is 23.7 Å². The number of nitrogens with zero attached hydrogens (tertiary/aromatic N) is 2. The number of hydrogen-bond acceptors (Lipinski definition) is 4. The van der Waals surface area contributed by atoms with Gasteiger partial charge >= 0.3 is 0 Å². The fourth-order valence-electron chi connectivity index (χ4n) is 2.83. The number of aryl methyl sites for hydroxylation is 1. The van der Waals surface area contributed by atoms with Crippen molar-refractivity contribution < 1.29 is 9.53 Å². The van der Waals surface area contributed by atoms with Crippen molar-refractivity contribution in [3.8, 4) is 0 Å². The largest absolute Gasteiger partial charge is 0.373 e. The SMILES string of the molecule is Cc1ncc(C(=O)N[C@H](c2ccc(Cl)cc2)[C@@H]2CN(C)CCO2)[nH]1. The summed E-state index contributed by atoms with van der Waals surface area (Å²) in [5, 5.41) is 3.73. The number of rotatable bonds is 4. The van der Waals surface area contributed by atoms with Gasteiger partial charge in [-0.2, -0.15) is 0 Å². The highest BCUT2D eigenvalue weighted by Crippen LogP contribution is 2.24. The summed E-state index contributed by atoms with van der Waals surface area (Å²) in [6, 6.07) is 7.22. The van der Waals surface area contributed by atoms with E-state index in [1.54, 1.807) is 0 Å². The number of imidazole rings is 1. The number of hydrogen-bond donors (Lipinski definition) is 2. The number of aromatic nitrogens is 2. The summed E-state index contributed by atoms with van der Waals surface area (Å²) in [6.07, 6.45) is 1.41. The molecule has 1 aromatic carbocycles. The molecule has 3 rings (SSSR count). The van der Waals surface area contributed by atoms with E-state index in [4.69, 9.17) is 16.3 Å². The van der Waals surface area contributed by atoms with E-state index in [1.807, 2.05) is 31.2 Å². The molecule has 2 aromatic rings. The molecule has 128 valence electrons. The highest BCUT2D eigenvalue weighted by Gasteiger charge is 2.30. The minimum atomic E-state index is -0.263. The molecule has 1 aliphatic rings. The van der Waals surface area contributed by atoms with Crippen molar-refractivity contribution in [2.24, 2.45) is 0 Å². The highest BCUT2D eigenvalue weighted by atomic mass is 35.5. The first-order chi connectivity index (χ1) is 11.5. The Kier molecular flexibility index (Phi) is 5.18. The first-order valence-electron chi connectivity index (χ1n) is 7.91. The fourth-order valence-corrected chi connectivity index (χ4v) is 2.95. The molecule has 7 heteroatoms. The van der Waals surface area contributed by atoms with E-state index in [0.29, 0.717) is 23.1 Å². The maximum Gasteiger partial charge on any atom is 0.269 e. The number of ether oxygens (including phenoxy) is 1. The first-order valence-corrected chi connectivity index (χ1v) is 8.29. The van der Waals surface area contributed by atoms with E-state index in [-0.39, 0.29) is 18.1 Å². The van der Waals surface area contributed by atoms with E-state index in [2.05, 4.69) is 27.2 Å². The molecule has 2 N–H and O–H groups in total. The number of morpholine rings is 1. The Hall–Kier alpha value is -1.89. The highest BCUT2D eigenvalue weighted by molar-refractivity contribution is 6.30. The maximum absolute atomic E-state index is 12.6. The van der Waals surface area contributed by atoms with Crippen molar-refractivity contribution in [2.75, 3.05) is 26.7 Å².